The molecule has 5 nitrogen and oxygen atoms in total. The molecule has 2 aliphatic rings. The third-order valence-electron chi connectivity index (χ3n) is 4.35. The van der Waals surface area contributed by atoms with Crippen LogP contribution in [0.4, 0.5) is 5.95 Å². The number of pyridine rings is 1. The molecule has 1 aliphatic carbocycles. The standard InChI is InChI=1S/C13H16BrN5/c14-10-2-1-5-19-12(10)17-13(18-19)16-11-8-3-4-9(11)7-15-6-8/h1-2,5,8-9,11,15H,3-4,6-7H2,(H,16,18)/t8-,9+,11-. The van der Waals surface area contributed by atoms with E-state index in [1.54, 1.807) is 0 Å². The predicted molar refractivity (Wildman–Crippen MR) is 77.2 cm³/mol. The summed E-state index contributed by atoms with van der Waals surface area (Å²) in [5.74, 6) is 2.18. The monoisotopic (exact) mass is 321 g/mol. The molecular weight excluding hydrogens is 306 g/mol. The third kappa shape index (κ3) is 1.94. The fraction of sp³-hybridized carbons (Fsp3) is 0.538. The molecule has 2 N–H and O–H groups in total. The van der Waals surface area contributed by atoms with Gasteiger partial charge in [0.2, 0.25) is 5.95 Å². The van der Waals surface area contributed by atoms with E-state index >= 15 is 0 Å². The largest absolute Gasteiger partial charge is 0.350 e. The van der Waals surface area contributed by atoms with Gasteiger partial charge in [0.25, 0.3) is 0 Å². The highest BCUT2D eigenvalue weighted by Gasteiger charge is 2.39. The van der Waals surface area contributed by atoms with Crippen LogP contribution in [0.5, 0.6) is 0 Å². The van der Waals surface area contributed by atoms with E-state index in [0.29, 0.717) is 17.9 Å². The molecule has 1 saturated heterocycles. The lowest BCUT2D eigenvalue weighted by atomic mass is 9.94. The average molecular weight is 322 g/mol. The van der Waals surface area contributed by atoms with E-state index in [9.17, 15) is 0 Å². The summed E-state index contributed by atoms with van der Waals surface area (Å²) in [7, 11) is 0. The minimum absolute atomic E-state index is 0.525. The lowest BCUT2D eigenvalue weighted by Gasteiger charge is -2.30. The predicted octanol–water partition coefficient (Wildman–Crippen LogP) is 1.90. The van der Waals surface area contributed by atoms with Crippen molar-refractivity contribution in [3.05, 3.63) is 22.8 Å². The fourth-order valence-corrected chi connectivity index (χ4v) is 3.83. The van der Waals surface area contributed by atoms with E-state index in [2.05, 4.69) is 36.6 Å². The van der Waals surface area contributed by atoms with Crippen LogP contribution in [0.1, 0.15) is 12.8 Å². The van der Waals surface area contributed by atoms with Crippen molar-refractivity contribution in [2.24, 2.45) is 11.8 Å². The van der Waals surface area contributed by atoms with E-state index in [0.717, 1.165) is 29.2 Å². The second kappa shape index (κ2) is 4.45. The van der Waals surface area contributed by atoms with Gasteiger partial charge in [0.05, 0.1) is 4.47 Å². The summed E-state index contributed by atoms with van der Waals surface area (Å²) in [5, 5.41) is 11.6. The summed E-state index contributed by atoms with van der Waals surface area (Å²) in [4.78, 5) is 4.58. The molecule has 19 heavy (non-hydrogen) atoms. The zero-order valence-electron chi connectivity index (χ0n) is 10.5. The molecular formula is C13H16BrN5. The Morgan fingerprint density at radius 2 is 2.11 bits per heavy atom. The number of nitrogens with one attached hydrogen (secondary N) is 2. The van der Waals surface area contributed by atoms with E-state index in [4.69, 9.17) is 0 Å². The van der Waals surface area contributed by atoms with E-state index < -0.39 is 0 Å². The molecule has 2 fully saturated rings. The van der Waals surface area contributed by atoms with Crippen molar-refractivity contribution in [3.63, 3.8) is 0 Å². The molecule has 2 aromatic rings. The van der Waals surface area contributed by atoms with Gasteiger partial charge >= 0.3 is 0 Å². The molecule has 2 bridgehead atoms. The van der Waals surface area contributed by atoms with Gasteiger partial charge in [0.15, 0.2) is 5.65 Å². The molecule has 0 spiro atoms. The first kappa shape index (κ1) is 11.7. The van der Waals surface area contributed by atoms with Crippen molar-refractivity contribution in [1.29, 1.82) is 0 Å². The Hall–Kier alpha value is -1.14. The minimum atomic E-state index is 0.525. The number of piperidine rings is 1. The zero-order valence-corrected chi connectivity index (χ0v) is 12.1. The Balaban J connectivity index is 1.63. The summed E-state index contributed by atoms with van der Waals surface area (Å²) in [6.07, 6.45) is 4.55. The van der Waals surface area contributed by atoms with Crippen LogP contribution in [0.15, 0.2) is 22.8 Å². The summed E-state index contributed by atoms with van der Waals surface area (Å²) in [6, 6.07) is 4.48. The summed E-state index contributed by atoms with van der Waals surface area (Å²) < 4.78 is 2.79. The first-order chi connectivity index (χ1) is 9.31. The van der Waals surface area contributed by atoms with Crippen LogP contribution in [0.3, 0.4) is 0 Å². The van der Waals surface area contributed by atoms with Crippen molar-refractivity contribution in [1.82, 2.24) is 19.9 Å². The number of aromatic nitrogens is 3. The highest BCUT2D eigenvalue weighted by molar-refractivity contribution is 9.10. The highest BCUT2D eigenvalue weighted by atomic mass is 79.9. The van der Waals surface area contributed by atoms with Crippen molar-refractivity contribution in [2.45, 2.75) is 18.9 Å². The number of nitrogens with zero attached hydrogens (tertiary/aromatic N) is 3. The smallest absolute Gasteiger partial charge is 0.243 e. The van der Waals surface area contributed by atoms with Gasteiger partial charge in [-0.2, -0.15) is 4.98 Å². The van der Waals surface area contributed by atoms with Crippen LogP contribution in [0, 0.1) is 11.8 Å². The lowest BCUT2D eigenvalue weighted by molar-refractivity contribution is 0.341. The van der Waals surface area contributed by atoms with E-state index in [-0.39, 0.29) is 0 Å². The SMILES string of the molecule is Brc1cccn2nc(N[C@@H]3[C@@H]4CC[C@H]3CNC4)nc12. The quantitative estimate of drug-likeness (QED) is 0.887. The van der Waals surface area contributed by atoms with Gasteiger partial charge in [-0.25, -0.2) is 4.52 Å². The topological polar surface area (TPSA) is 54.2 Å². The van der Waals surface area contributed by atoms with Gasteiger partial charge in [-0.3, -0.25) is 0 Å². The molecule has 100 valence electrons. The Morgan fingerprint density at radius 3 is 2.84 bits per heavy atom. The first-order valence-corrected chi connectivity index (χ1v) is 7.59. The van der Waals surface area contributed by atoms with Crippen LogP contribution in [-0.4, -0.2) is 33.7 Å². The maximum atomic E-state index is 4.58. The molecule has 3 heterocycles. The van der Waals surface area contributed by atoms with Gasteiger partial charge in [-0.1, -0.05) is 0 Å². The average Bonchev–Trinajstić information content (AvgIpc) is 2.89. The fourth-order valence-electron chi connectivity index (χ4n) is 3.40. The summed E-state index contributed by atoms with van der Waals surface area (Å²) in [5.41, 5.74) is 0.867. The maximum Gasteiger partial charge on any atom is 0.243 e. The maximum absolute atomic E-state index is 4.58. The Bertz CT molecular complexity index is 594. The van der Waals surface area contributed by atoms with Crippen LogP contribution in [-0.2, 0) is 0 Å². The van der Waals surface area contributed by atoms with Crippen molar-refractivity contribution in [2.75, 3.05) is 18.4 Å². The van der Waals surface area contributed by atoms with Gasteiger partial charge in [-0.15, -0.1) is 5.10 Å². The molecule has 0 aromatic carbocycles. The first-order valence-electron chi connectivity index (χ1n) is 6.79. The molecule has 1 aliphatic heterocycles. The summed E-state index contributed by atoms with van der Waals surface area (Å²) in [6.45, 7) is 2.23. The van der Waals surface area contributed by atoms with Gasteiger partial charge in [0, 0.05) is 12.2 Å². The number of anilines is 1. The minimum Gasteiger partial charge on any atom is -0.350 e. The van der Waals surface area contributed by atoms with Gasteiger partial charge < -0.3 is 10.6 Å². The van der Waals surface area contributed by atoms with Crippen LogP contribution < -0.4 is 10.6 Å². The Morgan fingerprint density at radius 1 is 1.32 bits per heavy atom. The van der Waals surface area contributed by atoms with Gasteiger partial charge in [-0.05, 0) is 65.8 Å². The van der Waals surface area contributed by atoms with Crippen molar-refractivity contribution < 1.29 is 0 Å². The normalized spacial score (nSPS) is 29.8. The molecule has 3 atom stereocenters. The number of rotatable bonds is 2. The van der Waals surface area contributed by atoms with Crippen LogP contribution >= 0.6 is 15.9 Å². The Labute approximate surface area is 119 Å². The second-order valence-electron chi connectivity index (χ2n) is 5.49. The highest BCUT2D eigenvalue weighted by Crippen LogP contribution is 2.35. The molecule has 0 radical (unpaired) electrons. The summed E-state index contributed by atoms with van der Waals surface area (Å²) >= 11 is 3.51. The molecule has 1 saturated carbocycles. The Kier molecular flexibility index (Phi) is 2.73. The molecule has 0 amide bonds. The van der Waals surface area contributed by atoms with E-state index in [1.165, 1.54) is 12.8 Å². The molecule has 6 heteroatoms. The zero-order chi connectivity index (χ0) is 12.8. The molecule has 2 aromatic heterocycles. The van der Waals surface area contributed by atoms with Crippen LogP contribution in [0.25, 0.3) is 5.65 Å². The molecule has 0 unspecified atom stereocenters. The lowest BCUT2D eigenvalue weighted by Crippen LogP contribution is -2.45. The molecule has 4 rings (SSSR count). The number of fused-ring (bicyclic) bond motifs is 3. The van der Waals surface area contributed by atoms with Gasteiger partial charge in [0.1, 0.15) is 0 Å². The third-order valence-corrected chi connectivity index (χ3v) is 4.97. The number of halogens is 1. The second-order valence-corrected chi connectivity index (χ2v) is 6.34. The van der Waals surface area contributed by atoms with Crippen molar-refractivity contribution >= 4 is 27.5 Å². The number of hydrogen-bond donors (Lipinski definition) is 2. The van der Waals surface area contributed by atoms with Crippen LogP contribution in [0.2, 0.25) is 0 Å². The number of hydrogen-bond acceptors (Lipinski definition) is 4. The van der Waals surface area contributed by atoms with Crippen molar-refractivity contribution in [3.8, 4) is 0 Å². The van der Waals surface area contributed by atoms with E-state index in [1.807, 2.05) is 22.8 Å².